The van der Waals surface area contributed by atoms with Gasteiger partial charge in [-0.25, -0.2) is 13.4 Å². The number of nitrogens with two attached hydrogens (primary N) is 1. The van der Waals surface area contributed by atoms with Gasteiger partial charge in [0, 0.05) is 19.5 Å². The molecule has 0 radical (unpaired) electrons. The number of anilines is 1. The van der Waals surface area contributed by atoms with Gasteiger partial charge in [0.2, 0.25) is 0 Å². The first-order valence-corrected chi connectivity index (χ1v) is 5.40. The number of hydrogen-bond donors (Lipinski definition) is 1. The van der Waals surface area contributed by atoms with Gasteiger partial charge in [0.05, 0.1) is 0 Å². The smallest absolute Gasteiger partial charge is 0.154 e. The molecule has 0 aliphatic carbocycles. The van der Waals surface area contributed by atoms with Crippen LogP contribution in [0.25, 0.3) is 0 Å². The van der Waals surface area contributed by atoms with Crippen molar-refractivity contribution in [1.29, 1.82) is 0 Å². The Morgan fingerprint density at radius 1 is 1.67 bits per heavy atom. The molecule has 0 amide bonds. The van der Waals surface area contributed by atoms with Gasteiger partial charge in [-0.3, -0.25) is 0 Å². The van der Waals surface area contributed by atoms with Crippen LogP contribution in [0.4, 0.5) is 5.82 Å². The van der Waals surface area contributed by atoms with Gasteiger partial charge in [0.1, 0.15) is 17.4 Å². The lowest BCUT2D eigenvalue weighted by Crippen LogP contribution is -2.06. The summed E-state index contributed by atoms with van der Waals surface area (Å²) in [6.07, 6.45) is 2.75. The Labute approximate surface area is 71.1 Å². The van der Waals surface area contributed by atoms with Crippen LogP contribution in [-0.4, -0.2) is 24.2 Å². The Morgan fingerprint density at radius 2 is 2.25 bits per heavy atom. The third-order valence-electron chi connectivity index (χ3n) is 1.38. The summed E-state index contributed by atoms with van der Waals surface area (Å²) < 4.78 is 23.3. The zero-order chi connectivity index (χ0) is 9.35. The fourth-order valence-electron chi connectivity index (χ4n) is 0.898. The van der Waals surface area contributed by atoms with E-state index in [0.717, 1.165) is 6.26 Å². The Morgan fingerprint density at radius 3 is 2.58 bits per heavy atom. The predicted octanol–water partition coefficient (Wildman–Crippen LogP) is -0.453. The molecule has 0 unspecified atom stereocenters. The van der Waals surface area contributed by atoms with E-state index in [-0.39, 0.29) is 5.75 Å². The van der Waals surface area contributed by atoms with Gasteiger partial charge in [0.15, 0.2) is 9.84 Å². The summed E-state index contributed by atoms with van der Waals surface area (Å²) in [6.45, 7) is 0. The predicted molar refractivity (Wildman–Crippen MR) is 46.2 cm³/mol. The molecule has 5 nitrogen and oxygen atoms in total. The molecule has 0 aliphatic rings. The first kappa shape index (κ1) is 9.05. The number of nitrogens with zero attached hydrogens (tertiary/aromatic N) is 2. The number of imidazole rings is 1. The van der Waals surface area contributed by atoms with E-state index in [1.54, 1.807) is 17.8 Å². The lowest BCUT2D eigenvalue weighted by atomic mass is 10.7. The van der Waals surface area contributed by atoms with Gasteiger partial charge >= 0.3 is 0 Å². The number of nitrogen functional groups attached to an aromatic ring is 1. The van der Waals surface area contributed by atoms with Gasteiger partial charge in [0.25, 0.3) is 0 Å². The van der Waals surface area contributed by atoms with Crippen LogP contribution in [0, 0.1) is 0 Å². The van der Waals surface area contributed by atoms with Gasteiger partial charge in [-0.05, 0) is 0 Å². The van der Waals surface area contributed by atoms with E-state index in [0.29, 0.717) is 11.6 Å². The van der Waals surface area contributed by atoms with Gasteiger partial charge in [-0.1, -0.05) is 0 Å². The highest BCUT2D eigenvalue weighted by atomic mass is 32.2. The van der Waals surface area contributed by atoms with Crippen LogP contribution < -0.4 is 5.73 Å². The third kappa shape index (κ3) is 2.23. The fourth-order valence-corrected chi connectivity index (χ4v) is 1.64. The second kappa shape index (κ2) is 2.78. The molecule has 0 bridgehead atoms. The van der Waals surface area contributed by atoms with E-state index < -0.39 is 9.84 Å². The highest BCUT2D eigenvalue weighted by Gasteiger charge is 2.09. The molecule has 1 rings (SSSR count). The minimum absolute atomic E-state index is 0.0688. The first-order chi connectivity index (χ1) is 5.38. The molecule has 6 heteroatoms. The lowest BCUT2D eigenvalue weighted by Gasteiger charge is -1.97. The van der Waals surface area contributed by atoms with Crippen LogP contribution in [0.15, 0.2) is 6.20 Å². The number of rotatable bonds is 2. The molecule has 0 spiro atoms. The van der Waals surface area contributed by atoms with Crippen molar-refractivity contribution >= 4 is 15.7 Å². The van der Waals surface area contributed by atoms with E-state index >= 15 is 0 Å². The lowest BCUT2D eigenvalue weighted by molar-refractivity contribution is 0.598. The molecule has 0 aromatic carbocycles. The Bertz CT molecular complexity index is 379. The molecule has 68 valence electrons. The van der Waals surface area contributed by atoms with E-state index in [2.05, 4.69) is 4.98 Å². The summed E-state index contributed by atoms with van der Waals surface area (Å²) in [4.78, 5) is 3.86. The van der Waals surface area contributed by atoms with E-state index in [1.807, 2.05) is 0 Å². The molecule has 1 heterocycles. The monoisotopic (exact) mass is 189 g/mol. The molecular formula is C6H11N3O2S. The largest absolute Gasteiger partial charge is 0.382 e. The molecule has 0 saturated heterocycles. The van der Waals surface area contributed by atoms with Crippen molar-refractivity contribution in [2.24, 2.45) is 7.05 Å². The summed E-state index contributed by atoms with van der Waals surface area (Å²) in [5.41, 5.74) is 5.37. The molecule has 1 aromatic rings. The molecule has 0 fully saturated rings. The first-order valence-electron chi connectivity index (χ1n) is 3.34. The summed E-state index contributed by atoms with van der Waals surface area (Å²) >= 11 is 0. The number of hydrogen-bond acceptors (Lipinski definition) is 4. The molecule has 2 N–H and O–H groups in total. The average Bonchev–Trinajstić information content (AvgIpc) is 2.06. The zero-order valence-electron chi connectivity index (χ0n) is 6.98. The van der Waals surface area contributed by atoms with Gasteiger partial charge < -0.3 is 10.3 Å². The van der Waals surface area contributed by atoms with Crippen molar-refractivity contribution in [3.05, 3.63) is 12.0 Å². The molecule has 0 atom stereocenters. The Hall–Kier alpha value is -1.04. The van der Waals surface area contributed by atoms with E-state index in [1.165, 1.54) is 0 Å². The summed E-state index contributed by atoms with van der Waals surface area (Å²) in [7, 11) is -1.31. The SMILES string of the molecule is Cn1cc(N)nc1CS(C)(=O)=O. The maximum Gasteiger partial charge on any atom is 0.154 e. The van der Waals surface area contributed by atoms with Crippen molar-refractivity contribution in [2.75, 3.05) is 12.0 Å². The summed E-state index contributed by atoms with van der Waals surface area (Å²) in [5.74, 6) is 0.743. The van der Waals surface area contributed by atoms with Crippen molar-refractivity contribution in [3.63, 3.8) is 0 Å². The van der Waals surface area contributed by atoms with E-state index in [9.17, 15) is 8.42 Å². The normalized spacial score (nSPS) is 11.8. The van der Waals surface area contributed by atoms with Crippen molar-refractivity contribution in [3.8, 4) is 0 Å². The molecule has 0 aliphatic heterocycles. The summed E-state index contributed by atoms with van der Waals surface area (Å²) in [5, 5.41) is 0. The van der Waals surface area contributed by atoms with Gasteiger partial charge in [-0.15, -0.1) is 0 Å². The standard InChI is InChI=1S/C6H11N3O2S/c1-9-3-5(7)8-6(9)4-12(2,10)11/h3H,4,7H2,1-2H3. The van der Waals surface area contributed by atoms with Crippen molar-refractivity contribution in [1.82, 2.24) is 9.55 Å². The Balaban J connectivity index is 2.97. The second-order valence-electron chi connectivity index (χ2n) is 2.76. The van der Waals surface area contributed by atoms with Crippen molar-refractivity contribution < 1.29 is 8.42 Å². The van der Waals surface area contributed by atoms with Crippen LogP contribution >= 0.6 is 0 Å². The maximum absolute atomic E-state index is 10.9. The van der Waals surface area contributed by atoms with Crippen LogP contribution in [0.2, 0.25) is 0 Å². The second-order valence-corrected chi connectivity index (χ2v) is 4.90. The number of sulfone groups is 1. The number of aryl methyl sites for hydroxylation is 1. The van der Waals surface area contributed by atoms with Crippen LogP contribution in [0.3, 0.4) is 0 Å². The topological polar surface area (TPSA) is 78.0 Å². The minimum atomic E-state index is -3.03. The average molecular weight is 189 g/mol. The quantitative estimate of drug-likeness (QED) is 0.683. The van der Waals surface area contributed by atoms with Crippen LogP contribution in [-0.2, 0) is 22.6 Å². The molecular weight excluding hydrogens is 178 g/mol. The number of aromatic nitrogens is 2. The van der Waals surface area contributed by atoms with Crippen molar-refractivity contribution in [2.45, 2.75) is 5.75 Å². The molecule has 1 aromatic heterocycles. The minimum Gasteiger partial charge on any atom is -0.382 e. The zero-order valence-corrected chi connectivity index (χ0v) is 7.80. The molecule has 12 heavy (non-hydrogen) atoms. The van der Waals surface area contributed by atoms with Crippen LogP contribution in [0.1, 0.15) is 5.82 Å². The van der Waals surface area contributed by atoms with Crippen LogP contribution in [0.5, 0.6) is 0 Å². The molecule has 0 saturated carbocycles. The Kier molecular flexibility index (Phi) is 2.10. The highest BCUT2D eigenvalue weighted by Crippen LogP contribution is 2.05. The van der Waals surface area contributed by atoms with E-state index in [4.69, 9.17) is 5.73 Å². The third-order valence-corrected chi connectivity index (χ3v) is 2.17. The maximum atomic E-state index is 10.9. The summed E-state index contributed by atoms with van der Waals surface area (Å²) in [6, 6.07) is 0. The highest BCUT2D eigenvalue weighted by molar-refractivity contribution is 7.89. The fraction of sp³-hybridized carbons (Fsp3) is 0.500. The van der Waals surface area contributed by atoms with Gasteiger partial charge in [-0.2, -0.15) is 0 Å².